The second kappa shape index (κ2) is 2.26. The van der Waals surface area contributed by atoms with E-state index in [1.54, 1.807) is 6.08 Å². The first kappa shape index (κ1) is 5.75. The lowest BCUT2D eigenvalue weighted by atomic mass is 10.2. The Hall–Kier alpha value is -1.38. The third-order valence-corrected chi connectivity index (χ3v) is 0.908. The fourth-order valence-electron chi connectivity index (χ4n) is 0.489. The van der Waals surface area contributed by atoms with E-state index in [1.165, 1.54) is 18.5 Å². The quantitative estimate of drug-likeness (QED) is 0.530. The summed E-state index contributed by atoms with van der Waals surface area (Å²) in [7, 11) is 0. The maximum absolute atomic E-state index is 10.2. The Morgan fingerprint density at radius 3 is 2.78 bits per heavy atom. The molecule has 0 fully saturated rings. The van der Waals surface area contributed by atoms with Gasteiger partial charge in [-0.05, 0) is 6.08 Å². The minimum Gasteiger partial charge on any atom is -0.477 e. The molecule has 0 bridgehead atoms. The third-order valence-electron chi connectivity index (χ3n) is 0.908. The molecule has 0 saturated carbocycles. The van der Waals surface area contributed by atoms with Crippen LogP contribution in [-0.2, 0) is 4.79 Å². The molecule has 0 aromatic rings. The summed E-state index contributed by atoms with van der Waals surface area (Å²) in [5.41, 5.74) is 0.220. The number of aliphatic imine (C=N–C) groups is 1. The molecular formula is C6H5NO2+. The summed E-state index contributed by atoms with van der Waals surface area (Å²) in [5.74, 6) is -0.942. The van der Waals surface area contributed by atoms with Crippen molar-refractivity contribution in [2.24, 2.45) is 0 Å². The summed E-state index contributed by atoms with van der Waals surface area (Å²) in [6.07, 6.45) is 5.92. The average Bonchev–Trinajstić information content (AvgIpc) is 1.90. The number of nitrogens with zero attached hydrogens (tertiary/aromatic N) is 1. The highest BCUT2D eigenvalue weighted by Gasteiger charge is 2.09. The van der Waals surface area contributed by atoms with Gasteiger partial charge in [-0.2, -0.15) is 0 Å². The van der Waals surface area contributed by atoms with Crippen LogP contribution in [0.1, 0.15) is 0 Å². The van der Waals surface area contributed by atoms with Crippen LogP contribution in [0, 0.1) is 0 Å². The molecule has 9 heavy (non-hydrogen) atoms. The summed E-state index contributed by atoms with van der Waals surface area (Å²) in [5, 5.41) is 8.34. The standard InChI is InChI=1S/C6H5NO2/c8-6(9)5-2-1-3-7-4-5/h1-4H,(H,8,9)/q+1. The van der Waals surface area contributed by atoms with Crippen LogP contribution in [0.5, 0.6) is 0 Å². The van der Waals surface area contributed by atoms with E-state index in [1.807, 2.05) is 0 Å². The van der Waals surface area contributed by atoms with Crippen molar-refractivity contribution in [1.82, 2.24) is 4.99 Å². The molecule has 0 saturated heterocycles. The van der Waals surface area contributed by atoms with Gasteiger partial charge in [0.15, 0.2) is 0 Å². The Balaban J connectivity index is 2.84. The molecule has 0 unspecified atom stereocenters. The molecule has 0 aromatic carbocycles. The summed E-state index contributed by atoms with van der Waals surface area (Å²) in [6.45, 7) is 0. The highest BCUT2D eigenvalue weighted by molar-refractivity contribution is 6.08. The summed E-state index contributed by atoms with van der Waals surface area (Å²) in [6, 6.07) is 0. The van der Waals surface area contributed by atoms with Crippen molar-refractivity contribution >= 4 is 12.2 Å². The van der Waals surface area contributed by atoms with Crippen LogP contribution in [0.3, 0.4) is 0 Å². The van der Waals surface area contributed by atoms with Gasteiger partial charge in [-0.25, -0.2) is 4.79 Å². The van der Waals surface area contributed by atoms with Gasteiger partial charge in [0.25, 0.3) is 6.21 Å². The van der Waals surface area contributed by atoms with Crippen molar-refractivity contribution in [3.8, 4) is 0 Å². The highest BCUT2D eigenvalue weighted by atomic mass is 16.4. The molecular weight excluding hydrogens is 118 g/mol. The number of hydrogen-bond acceptors (Lipinski definition) is 2. The van der Waals surface area contributed by atoms with Crippen molar-refractivity contribution in [2.45, 2.75) is 0 Å². The molecule has 3 heteroatoms. The summed E-state index contributed by atoms with van der Waals surface area (Å²) in [4.78, 5) is 13.8. The molecule has 0 aliphatic carbocycles. The smallest absolute Gasteiger partial charge is 0.342 e. The van der Waals surface area contributed by atoms with Gasteiger partial charge in [-0.15, -0.1) is 0 Å². The average molecular weight is 123 g/mol. The van der Waals surface area contributed by atoms with Crippen LogP contribution in [0.25, 0.3) is 0 Å². The topological polar surface area (TPSA) is 51.4 Å². The number of hydrogen-bond donors (Lipinski definition) is 1. The Labute approximate surface area is 52.0 Å². The van der Waals surface area contributed by atoms with Crippen LogP contribution >= 0.6 is 0 Å². The first-order chi connectivity index (χ1) is 4.30. The van der Waals surface area contributed by atoms with E-state index in [0.717, 1.165) is 0 Å². The molecule has 45 valence electrons. The van der Waals surface area contributed by atoms with E-state index in [4.69, 9.17) is 5.11 Å². The Kier molecular flexibility index (Phi) is 1.44. The summed E-state index contributed by atoms with van der Waals surface area (Å²) < 4.78 is 0. The monoisotopic (exact) mass is 123 g/mol. The predicted molar refractivity (Wildman–Crippen MR) is 33.1 cm³/mol. The maximum atomic E-state index is 10.2. The largest absolute Gasteiger partial charge is 0.477 e. The van der Waals surface area contributed by atoms with Crippen molar-refractivity contribution < 1.29 is 9.90 Å². The molecule has 1 radical (unpaired) electrons. The van der Waals surface area contributed by atoms with E-state index < -0.39 is 5.97 Å². The van der Waals surface area contributed by atoms with Crippen LogP contribution in [0.15, 0.2) is 23.9 Å². The first-order valence-electron chi connectivity index (χ1n) is 2.44. The van der Waals surface area contributed by atoms with E-state index >= 15 is 0 Å². The number of carbonyl (C=O) groups is 1. The van der Waals surface area contributed by atoms with Crippen LogP contribution in [0.2, 0.25) is 0 Å². The molecule has 0 spiro atoms. The number of aliphatic carboxylic acids is 1. The van der Waals surface area contributed by atoms with Crippen LogP contribution in [-0.4, -0.2) is 17.3 Å². The SMILES string of the molecule is O=C(O)C1=CC=C[N+]=C1. The minimum atomic E-state index is -0.942. The van der Waals surface area contributed by atoms with E-state index in [-0.39, 0.29) is 5.57 Å². The van der Waals surface area contributed by atoms with Gasteiger partial charge in [0, 0.05) is 6.08 Å². The fraction of sp³-hybridized carbons (Fsp3) is 0. The molecule has 0 atom stereocenters. The summed E-state index contributed by atoms with van der Waals surface area (Å²) >= 11 is 0. The predicted octanol–water partition coefficient (Wildman–Crippen LogP) is -0.0687. The molecule has 1 heterocycles. The van der Waals surface area contributed by atoms with Crippen molar-refractivity contribution in [3.05, 3.63) is 23.9 Å². The zero-order chi connectivity index (χ0) is 6.69. The van der Waals surface area contributed by atoms with Crippen molar-refractivity contribution in [2.75, 3.05) is 0 Å². The molecule has 0 aromatic heterocycles. The van der Waals surface area contributed by atoms with Gasteiger partial charge < -0.3 is 5.11 Å². The van der Waals surface area contributed by atoms with Gasteiger partial charge in [0.05, 0.1) is 4.99 Å². The van der Waals surface area contributed by atoms with Gasteiger partial charge in [-0.1, -0.05) is 0 Å². The zero-order valence-electron chi connectivity index (χ0n) is 4.61. The van der Waals surface area contributed by atoms with Gasteiger partial charge in [-0.3, -0.25) is 0 Å². The lowest BCUT2D eigenvalue weighted by Gasteiger charge is -1.84. The number of carboxylic acid groups (broad SMARTS) is 1. The molecule has 1 N–H and O–H groups in total. The number of rotatable bonds is 1. The maximum Gasteiger partial charge on any atom is 0.342 e. The van der Waals surface area contributed by atoms with Crippen molar-refractivity contribution in [1.29, 1.82) is 0 Å². The fourth-order valence-corrected chi connectivity index (χ4v) is 0.489. The van der Waals surface area contributed by atoms with Gasteiger partial charge in [0.1, 0.15) is 5.57 Å². The second-order valence-electron chi connectivity index (χ2n) is 1.55. The number of allylic oxidation sites excluding steroid dienone is 2. The van der Waals surface area contributed by atoms with Crippen molar-refractivity contribution in [3.63, 3.8) is 0 Å². The minimum absolute atomic E-state index is 0.220. The van der Waals surface area contributed by atoms with E-state index in [2.05, 4.69) is 4.99 Å². The highest BCUT2D eigenvalue weighted by Crippen LogP contribution is 1.92. The molecule has 1 rings (SSSR count). The first-order valence-corrected chi connectivity index (χ1v) is 2.44. The molecule has 1 aliphatic heterocycles. The van der Waals surface area contributed by atoms with E-state index in [0.29, 0.717) is 0 Å². The normalized spacial score (nSPS) is 15.3. The molecule has 0 amide bonds. The Morgan fingerprint density at radius 2 is 2.44 bits per heavy atom. The van der Waals surface area contributed by atoms with Gasteiger partial charge >= 0.3 is 5.97 Å². The van der Waals surface area contributed by atoms with E-state index in [9.17, 15) is 4.79 Å². The van der Waals surface area contributed by atoms with Crippen LogP contribution in [0.4, 0.5) is 0 Å². The van der Waals surface area contributed by atoms with Crippen LogP contribution < -0.4 is 4.99 Å². The molecule has 3 nitrogen and oxygen atoms in total. The second-order valence-corrected chi connectivity index (χ2v) is 1.55. The third kappa shape index (κ3) is 1.25. The lowest BCUT2D eigenvalue weighted by Crippen LogP contribution is -2.05. The van der Waals surface area contributed by atoms with Gasteiger partial charge in [0.2, 0.25) is 6.20 Å². The zero-order valence-corrected chi connectivity index (χ0v) is 4.61. The molecule has 1 aliphatic rings. The Bertz CT molecular complexity index is 213. The Morgan fingerprint density at radius 1 is 1.67 bits per heavy atom. The number of carboxylic acids is 1. The lowest BCUT2D eigenvalue weighted by molar-refractivity contribution is -0.132.